The molecule has 2 aromatic rings. The van der Waals surface area contributed by atoms with Gasteiger partial charge in [0, 0.05) is 17.3 Å². The van der Waals surface area contributed by atoms with Crippen molar-refractivity contribution in [2.45, 2.75) is 44.7 Å². The Morgan fingerprint density at radius 3 is 2.54 bits per heavy atom. The second-order valence-electron chi connectivity index (χ2n) is 6.39. The smallest absolute Gasteiger partial charge is 0.124 e. The number of nitrogen functional groups attached to an aromatic ring is 1. The minimum atomic E-state index is 0.245. The zero-order valence-corrected chi connectivity index (χ0v) is 14.3. The number of rotatable bonds is 7. The van der Waals surface area contributed by atoms with E-state index in [1.165, 1.54) is 24.0 Å². The van der Waals surface area contributed by atoms with Crippen LogP contribution in [0.2, 0.25) is 0 Å². The first-order chi connectivity index (χ1) is 11.8. The summed E-state index contributed by atoms with van der Waals surface area (Å²) in [4.78, 5) is 0. The van der Waals surface area contributed by atoms with Crippen LogP contribution in [0.3, 0.4) is 0 Å². The summed E-state index contributed by atoms with van der Waals surface area (Å²) in [5, 5.41) is 0. The molecule has 0 saturated carbocycles. The lowest BCUT2D eigenvalue weighted by molar-refractivity contribution is 0.300. The SMILES string of the molecule is CCCCCOc1ccccc1C1CC(c2ccc(N)cc2)NN1. The van der Waals surface area contributed by atoms with Crippen LogP contribution in [0.4, 0.5) is 5.69 Å². The Bertz CT molecular complexity index is 642. The number of unbranched alkanes of at least 4 members (excludes halogenated alkanes) is 2. The molecule has 0 amide bonds. The first kappa shape index (κ1) is 16.8. The van der Waals surface area contributed by atoms with Crippen molar-refractivity contribution < 1.29 is 4.74 Å². The Balaban J connectivity index is 1.66. The van der Waals surface area contributed by atoms with E-state index in [2.05, 4.69) is 48.1 Å². The van der Waals surface area contributed by atoms with E-state index in [4.69, 9.17) is 10.5 Å². The number of benzene rings is 2. The molecule has 3 rings (SSSR count). The van der Waals surface area contributed by atoms with E-state index >= 15 is 0 Å². The van der Waals surface area contributed by atoms with Gasteiger partial charge in [-0.15, -0.1) is 0 Å². The molecule has 2 atom stereocenters. The molecule has 4 nitrogen and oxygen atoms in total. The molecule has 128 valence electrons. The fraction of sp³-hybridized carbons (Fsp3) is 0.400. The third-order valence-electron chi connectivity index (χ3n) is 4.54. The molecule has 2 unspecified atom stereocenters. The van der Waals surface area contributed by atoms with Gasteiger partial charge in [-0.1, -0.05) is 50.1 Å². The van der Waals surface area contributed by atoms with Gasteiger partial charge < -0.3 is 10.5 Å². The molecule has 0 aliphatic carbocycles. The number of nitrogens with one attached hydrogen (secondary N) is 2. The number of para-hydroxylation sites is 1. The third-order valence-corrected chi connectivity index (χ3v) is 4.54. The number of hydrazine groups is 1. The summed E-state index contributed by atoms with van der Waals surface area (Å²) in [6.07, 6.45) is 4.52. The van der Waals surface area contributed by atoms with Crippen molar-refractivity contribution in [2.24, 2.45) is 0 Å². The molecule has 1 heterocycles. The quantitative estimate of drug-likeness (QED) is 0.529. The molecule has 1 aliphatic heterocycles. The number of anilines is 1. The topological polar surface area (TPSA) is 59.3 Å². The summed E-state index contributed by atoms with van der Waals surface area (Å²) in [6.45, 7) is 2.99. The lowest BCUT2D eigenvalue weighted by Crippen LogP contribution is -2.26. The molecule has 4 heteroatoms. The maximum Gasteiger partial charge on any atom is 0.124 e. The zero-order chi connectivity index (χ0) is 16.8. The fourth-order valence-corrected chi connectivity index (χ4v) is 3.14. The normalized spacial score (nSPS) is 20.2. The monoisotopic (exact) mass is 325 g/mol. The average molecular weight is 325 g/mol. The molecule has 1 saturated heterocycles. The summed E-state index contributed by atoms with van der Waals surface area (Å²) in [7, 11) is 0. The molecule has 2 aromatic carbocycles. The zero-order valence-electron chi connectivity index (χ0n) is 14.3. The lowest BCUT2D eigenvalue weighted by atomic mass is 9.97. The van der Waals surface area contributed by atoms with Gasteiger partial charge in [-0.25, -0.2) is 10.9 Å². The minimum Gasteiger partial charge on any atom is -0.493 e. The number of ether oxygens (including phenoxy) is 1. The minimum absolute atomic E-state index is 0.245. The van der Waals surface area contributed by atoms with Gasteiger partial charge in [0.1, 0.15) is 5.75 Å². The predicted molar refractivity (Wildman–Crippen MR) is 98.7 cm³/mol. The van der Waals surface area contributed by atoms with E-state index in [-0.39, 0.29) is 12.1 Å². The van der Waals surface area contributed by atoms with E-state index < -0.39 is 0 Å². The Hall–Kier alpha value is -2.04. The molecule has 1 fully saturated rings. The number of nitrogens with two attached hydrogens (primary N) is 1. The van der Waals surface area contributed by atoms with Crippen LogP contribution in [0.1, 0.15) is 55.8 Å². The second-order valence-corrected chi connectivity index (χ2v) is 6.39. The van der Waals surface area contributed by atoms with E-state index in [0.29, 0.717) is 0 Å². The highest BCUT2D eigenvalue weighted by molar-refractivity contribution is 5.41. The summed E-state index contributed by atoms with van der Waals surface area (Å²) < 4.78 is 6.02. The van der Waals surface area contributed by atoms with Gasteiger partial charge in [0.25, 0.3) is 0 Å². The van der Waals surface area contributed by atoms with Gasteiger partial charge in [0.15, 0.2) is 0 Å². The van der Waals surface area contributed by atoms with Gasteiger partial charge in [-0.3, -0.25) is 0 Å². The first-order valence-corrected chi connectivity index (χ1v) is 8.86. The van der Waals surface area contributed by atoms with Crippen LogP contribution in [0.5, 0.6) is 5.75 Å². The van der Waals surface area contributed by atoms with Gasteiger partial charge in [0.05, 0.1) is 12.6 Å². The second kappa shape index (κ2) is 8.18. The molecule has 0 radical (unpaired) electrons. The summed E-state index contributed by atoms with van der Waals surface area (Å²) >= 11 is 0. The van der Waals surface area contributed by atoms with Crippen LogP contribution >= 0.6 is 0 Å². The van der Waals surface area contributed by atoms with Crippen molar-refractivity contribution in [1.29, 1.82) is 0 Å². The van der Waals surface area contributed by atoms with Crippen LogP contribution < -0.4 is 21.3 Å². The summed E-state index contributed by atoms with van der Waals surface area (Å²) in [6, 6.07) is 16.9. The maximum absolute atomic E-state index is 6.02. The van der Waals surface area contributed by atoms with Crippen molar-refractivity contribution in [3.63, 3.8) is 0 Å². The van der Waals surface area contributed by atoms with Gasteiger partial charge in [-0.05, 0) is 36.6 Å². The van der Waals surface area contributed by atoms with E-state index in [0.717, 1.165) is 30.9 Å². The largest absolute Gasteiger partial charge is 0.493 e. The number of hydrogen-bond donors (Lipinski definition) is 3. The highest BCUT2D eigenvalue weighted by Gasteiger charge is 2.27. The van der Waals surface area contributed by atoms with Crippen LogP contribution in [-0.4, -0.2) is 6.61 Å². The fourth-order valence-electron chi connectivity index (χ4n) is 3.14. The lowest BCUT2D eigenvalue weighted by Gasteiger charge is -2.16. The summed E-state index contributed by atoms with van der Waals surface area (Å²) in [5.74, 6) is 0.992. The van der Waals surface area contributed by atoms with Crippen molar-refractivity contribution in [3.8, 4) is 5.75 Å². The standard InChI is InChI=1S/C20H27N3O/c1-2-3-6-13-24-20-8-5-4-7-17(20)19-14-18(22-23-19)15-9-11-16(21)12-10-15/h4-5,7-12,18-19,22-23H,2-3,6,13-14,21H2,1H3. The Kier molecular flexibility index (Phi) is 5.72. The molecule has 0 spiro atoms. The van der Waals surface area contributed by atoms with Crippen molar-refractivity contribution in [3.05, 3.63) is 59.7 Å². The molecule has 0 bridgehead atoms. The Morgan fingerprint density at radius 1 is 1.00 bits per heavy atom. The highest BCUT2D eigenvalue weighted by Crippen LogP contribution is 2.35. The Morgan fingerprint density at radius 2 is 1.75 bits per heavy atom. The predicted octanol–water partition coefficient (Wildman–Crippen LogP) is 4.12. The van der Waals surface area contributed by atoms with Crippen molar-refractivity contribution in [2.75, 3.05) is 12.3 Å². The van der Waals surface area contributed by atoms with Crippen LogP contribution in [0.15, 0.2) is 48.5 Å². The van der Waals surface area contributed by atoms with E-state index in [9.17, 15) is 0 Å². The molecule has 0 aromatic heterocycles. The van der Waals surface area contributed by atoms with Gasteiger partial charge in [0.2, 0.25) is 0 Å². The molecule has 1 aliphatic rings. The first-order valence-electron chi connectivity index (χ1n) is 8.86. The maximum atomic E-state index is 6.02. The van der Waals surface area contributed by atoms with Crippen LogP contribution in [0.25, 0.3) is 0 Å². The molecule has 24 heavy (non-hydrogen) atoms. The van der Waals surface area contributed by atoms with Crippen LogP contribution in [0, 0.1) is 0 Å². The molecular formula is C20H27N3O. The Labute approximate surface area is 144 Å². The molecule has 4 N–H and O–H groups in total. The third kappa shape index (κ3) is 4.08. The van der Waals surface area contributed by atoms with Crippen molar-refractivity contribution in [1.82, 2.24) is 10.9 Å². The van der Waals surface area contributed by atoms with E-state index in [1.807, 2.05) is 18.2 Å². The average Bonchev–Trinajstić information content (AvgIpc) is 3.10. The number of hydrogen-bond acceptors (Lipinski definition) is 4. The van der Waals surface area contributed by atoms with E-state index in [1.54, 1.807) is 0 Å². The van der Waals surface area contributed by atoms with Gasteiger partial charge >= 0.3 is 0 Å². The summed E-state index contributed by atoms with van der Waals surface area (Å²) in [5.41, 5.74) is 15.9. The highest BCUT2D eigenvalue weighted by atomic mass is 16.5. The van der Waals surface area contributed by atoms with Crippen LogP contribution in [-0.2, 0) is 0 Å². The van der Waals surface area contributed by atoms with Gasteiger partial charge in [-0.2, -0.15) is 0 Å². The molecular weight excluding hydrogens is 298 g/mol. The van der Waals surface area contributed by atoms with Crippen molar-refractivity contribution >= 4 is 5.69 Å².